The second kappa shape index (κ2) is 7.34. The Bertz CT molecular complexity index is 916. The van der Waals surface area contributed by atoms with Gasteiger partial charge in [0.1, 0.15) is 6.04 Å². The molecule has 1 aromatic carbocycles. The minimum absolute atomic E-state index is 0.00381. The number of likely N-dealkylation sites (tertiary alicyclic amines) is 1. The normalized spacial score (nSPS) is 17.0. The third kappa shape index (κ3) is 3.63. The molecule has 140 valence electrons. The Labute approximate surface area is 158 Å². The van der Waals surface area contributed by atoms with E-state index in [9.17, 15) is 4.79 Å². The Morgan fingerprint density at radius 2 is 2.22 bits per heavy atom. The van der Waals surface area contributed by atoms with Crippen LogP contribution in [0.4, 0.5) is 0 Å². The standard InChI is InChI=1S/C20H23N5O2/c1-14(2)18-22-19(27-23-18)17-8-4-11-25(17)20(26)16-7-3-6-15(12-16)13-24-10-5-9-21-24/h3,5-7,9-10,12,14,17H,4,8,11,13H2,1-2H3. The van der Waals surface area contributed by atoms with Gasteiger partial charge in [-0.05, 0) is 36.6 Å². The van der Waals surface area contributed by atoms with Crippen LogP contribution in [0.3, 0.4) is 0 Å². The van der Waals surface area contributed by atoms with Gasteiger partial charge < -0.3 is 9.42 Å². The SMILES string of the molecule is CC(C)c1noc(C2CCCN2C(=O)c2cccc(Cn3cccn3)c2)n1. The van der Waals surface area contributed by atoms with Crippen LogP contribution < -0.4 is 0 Å². The lowest BCUT2D eigenvalue weighted by Crippen LogP contribution is -2.30. The van der Waals surface area contributed by atoms with Crippen LogP contribution in [0.25, 0.3) is 0 Å². The summed E-state index contributed by atoms with van der Waals surface area (Å²) in [5.41, 5.74) is 1.72. The first-order valence-electron chi connectivity index (χ1n) is 9.32. The monoisotopic (exact) mass is 365 g/mol. The maximum Gasteiger partial charge on any atom is 0.254 e. The summed E-state index contributed by atoms with van der Waals surface area (Å²) < 4.78 is 7.29. The predicted octanol–water partition coefficient (Wildman–Crippen LogP) is 3.42. The number of carbonyl (C=O) groups is 1. The molecular weight excluding hydrogens is 342 g/mol. The van der Waals surface area contributed by atoms with Crippen LogP contribution >= 0.6 is 0 Å². The molecule has 7 nitrogen and oxygen atoms in total. The van der Waals surface area contributed by atoms with E-state index in [1.807, 2.05) is 60.0 Å². The van der Waals surface area contributed by atoms with Gasteiger partial charge in [0.2, 0.25) is 5.89 Å². The third-order valence-corrected chi connectivity index (χ3v) is 4.85. The molecule has 0 aliphatic carbocycles. The average Bonchev–Trinajstić information content (AvgIpc) is 3.41. The molecule has 0 bridgehead atoms. The van der Waals surface area contributed by atoms with Crippen molar-refractivity contribution in [3.63, 3.8) is 0 Å². The maximum atomic E-state index is 13.1. The Kier molecular flexibility index (Phi) is 4.75. The quantitative estimate of drug-likeness (QED) is 0.692. The smallest absolute Gasteiger partial charge is 0.254 e. The fourth-order valence-electron chi connectivity index (χ4n) is 3.43. The number of carbonyl (C=O) groups excluding carboxylic acids is 1. The maximum absolute atomic E-state index is 13.1. The topological polar surface area (TPSA) is 77.0 Å². The van der Waals surface area contributed by atoms with Crippen molar-refractivity contribution in [1.29, 1.82) is 0 Å². The molecule has 7 heteroatoms. The molecule has 3 aromatic rings. The van der Waals surface area contributed by atoms with Crippen molar-refractivity contribution in [2.45, 2.75) is 45.2 Å². The van der Waals surface area contributed by atoms with Gasteiger partial charge in [-0.1, -0.05) is 31.1 Å². The zero-order valence-corrected chi connectivity index (χ0v) is 15.6. The Hall–Kier alpha value is -2.96. The Balaban J connectivity index is 1.54. The number of benzene rings is 1. The highest BCUT2D eigenvalue weighted by Crippen LogP contribution is 2.32. The van der Waals surface area contributed by atoms with Gasteiger partial charge in [-0.15, -0.1) is 0 Å². The second-order valence-electron chi connectivity index (χ2n) is 7.21. The zero-order valence-electron chi connectivity index (χ0n) is 15.6. The van der Waals surface area contributed by atoms with Crippen molar-refractivity contribution >= 4 is 5.91 Å². The van der Waals surface area contributed by atoms with Crippen molar-refractivity contribution in [2.75, 3.05) is 6.54 Å². The van der Waals surface area contributed by atoms with Crippen LogP contribution in [-0.2, 0) is 6.54 Å². The molecule has 0 N–H and O–H groups in total. The van der Waals surface area contributed by atoms with Crippen LogP contribution in [0.2, 0.25) is 0 Å². The van der Waals surface area contributed by atoms with E-state index >= 15 is 0 Å². The van der Waals surface area contributed by atoms with Crippen LogP contribution in [-0.4, -0.2) is 37.3 Å². The highest BCUT2D eigenvalue weighted by atomic mass is 16.5. The summed E-state index contributed by atoms with van der Waals surface area (Å²) in [6.45, 7) is 5.39. The van der Waals surface area contributed by atoms with Crippen molar-refractivity contribution in [2.24, 2.45) is 0 Å². The molecule has 1 aliphatic rings. The highest BCUT2D eigenvalue weighted by Gasteiger charge is 2.34. The molecule has 0 spiro atoms. The van der Waals surface area contributed by atoms with E-state index in [1.54, 1.807) is 6.20 Å². The summed E-state index contributed by atoms with van der Waals surface area (Å²) in [5, 5.41) is 8.27. The summed E-state index contributed by atoms with van der Waals surface area (Å²) >= 11 is 0. The van der Waals surface area contributed by atoms with Crippen molar-refractivity contribution < 1.29 is 9.32 Å². The van der Waals surface area contributed by atoms with E-state index < -0.39 is 0 Å². The summed E-state index contributed by atoms with van der Waals surface area (Å²) in [4.78, 5) is 19.5. The molecule has 1 fully saturated rings. The number of amides is 1. The van der Waals surface area contributed by atoms with E-state index in [0.29, 0.717) is 30.4 Å². The Morgan fingerprint density at radius 3 is 2.96 bits per heavy atom. The summed E-state index contributed by atoms with van der Waals surface area (Å²) in [6.07, 6.45) is 5.44. The minimum atomic E-state index is -0.146. The molecule has 1 aliphatic heterocycles. The fraction of sp³-hybridized carbons (Fsp3) is 0.400. The van der Waals surface area contributed by atoms with E-state index in [0.717, 1.165) is 18.4 Å². The highest BCUT2D eigenvalue weighted by molar-refractivity contribution is 5.94. The fourth-order valence-corrected chi connectivity index (χ4v) is 3.43. The summed E-state index contributed by atoms with van der Waals surface area (Å²) in [6, 6.07) is 9.46. The van der Waals surface area contributed by atoms with Gasteiger partial charge in [0.25, 0.3) is 5.91 Å². The molecule has 27 heavy (non-hydrogen) atoms. The van der Waals surface area contributed by atoms with Gasteiger partial charge in [0.15, 0.2) is 5.82 Å². The van der Waals surface area contributed by atoms with Crippen LogP contribution in [0.15, 0.2) is 47.2 Å². The number of aromatic nitrogens is 4. The van der Waals surface area contributed by atoms with Crippen LogP contribution in [0, 0.1) is 0 Å². The first kappa shape index (κ1) is 17.5. The first-order valence-corrected chi connectivity index (χ1v) is 9.32. The summed E-state index contributed by atoms with van der Waals surface area (Å²) in [7, 11) is 0. The molecule has 4 rings (SSSR count). The predicted molar refractivity (Wildman–Crippen MR) is 99.2 cm³/mol. The van der Waals surface area contributed by atoms with Crippen LogP contribution in [0.5, 0.6) is 0 Å². The zero-order chi connectivity index (χ0) is 18.8. The summed E-state index contributed by atoms with van der Waals surface area (Å²) in [5.74, 6) is 1.43. The lowest BCUT2D eigenvalue weighted by Gasteiger charge is -2.22. The van der Waals surface area contributed by atoms with E-state index in [2.05, 4.69) is 15.2 Å². The Morgan fingerprint density at radius 1 is 1.33 bits per heavy atom. The van der Waals surface area contributed by atoms with Gasteiger partial charge >= 0.3 is 0 Å². The molecular formula is C20H23N5O2. The van der Waals surface area contributed by atoms with E-state index in [1.165, 1.54) is 0 Å². The largest absolute Gasteiger partial charge is 0.337 e. The number of nitrogens with zero attached hydrogens (tertiary/aromatic N) is 5. The molecule has 1 unspecified atom stereocenters. The van der Waals surface area contributed by atoms with Gasteiger partial charge in [0.05, 0.1) is 6.54 Å². The van der Waals surface area contributed by atoms with E-state index in [-0.39, 0.29) is 17.9 Å². The van der Waals surface area contributed by atoms with Gasteiger partial charge in [-0.3, -0.25) is 9.48 Å². The first-order chi connectivity index (χ1) is 13.1. The number of hydrogen-bond acceptors (Lipinski definition) is 5. The van der Waals surface area contributed by atoms with Gasteiger partial charge in [-0.2, -0.15) is 10.1 Å². The van der Waals surface area contributed by atoms with Crippen molar-refractivity contribution in [3.8, 4) is 0 Å². The van der Waals surface area contributed by atoms with E-state index in [4.69, 9.17) is 4.52 Å². The molecule has 1 amide bonds. The molecule has 3 heterocycles. The van der Waals surface area contributed by atoms with Gasteiger partial charge in [-0.25, -0.2) is 0 Å². The van der Waals surface area contributed by atoms with Gasteiger partial charge in [0, 0.05) is 30.4 Å². The number of rotatable bonds is 5. The lowest BCUT2D eigenvalue weighted by molar-refractivity contribution is 0.0710. The minimum Gasteiger partial charge on any atom is -0.337 e. The third-order valence-electron chi connectivity index (χ3n) is 4.85. The molecule has 0 saturated carbocycles. The molecule has 0 radical (unpaired) electrons. The van der Waals surface area contributed by atoms with Crippen molar-refractivity contribution in [3.05, 3.63) is 65.6 Å². The van der Waals surface area contributed by atoms with Crippen molar-refractivity contribution in [1.82, 2.24) is 24.8 Å². The lowest BCUT2D eigenvalue weighted by atomic mass is 10.1. The average molecular weight is 365 g/mol. The van der Waals surface area contributed by atoms with Crippen LogP contribution in [0.1, 0.15) is 66.3 Å². The molecule has 2 aromatic heterocycles. The molecule has 1 saturated heterocycles. The molecule has 1 atom stereocenters. The number of hydrogen-bond donors (Lipinski definition) is 0. The second-order valence-corrected chi connectivity index (χ2v) is 7.21.